The summed E-state index contributed by atoms with van der Waals surface area (Å²) in [6.07, 6.45) is 10.1. The highest BCUT2D eigenvalue weighted by Crippen LogP contribution is 2.60. The monoisotopic (exact) mass is 728 g/mol. The van der Waals surface area contributed by atoms with Gasteiger partial charge in [0.05, 0.1) is 12.1 Å². The summed E-state index contributed by atoms with van der Waals surface area (Å²) in [7, 11) is 3.66. The van der Waals surface area contributed by atoms with Gasteiger partial charge in [-0.15, -0.1) is 0 Å². The number of anilines is 1. The Morgan fingerprint density at radius 2 is 1.90 bits per heavy atom. The van der Waals surface area contributed by atoms with Crippen molar-refractivity contribution in [1.29, 1.82) is 0 Å². The van der Waals surface area contributed by atoms with E-state index in [4.69, 9.17) is 4.74 Å². The molecule has 3 aromatic heterocycles. The van der Waals surface area contributed by atoms with Gasteiger partial charge in [0.2, 0.25) is 11.8 Å². The molecule has 0 unspecified atom stereocenters. The lowest BCUT2D eigenvalue weighted by Crippen LogP contribution is -2.47. The van der Waals surface area contributed by atoms with Crippen LogP contribution in [0.25, 0.3) is 22.0 Å². The Hall–Kier alpha value is -4.33. The molecule has 2 amide bonds. The number of pyridine rings is 1. The largest absolute Gasteiger partial charge is 0.380 e. The summed E-state index contributed by atoms with van der Waals surface area (Å²) >= 11 is 3.40. The predicted molar refractivity (Wildman–Crippen MR) is 190 cm³/mol. The summed E-state index contributed by atoms with van der Waals surface area (Å²) in [6.45, 7) is 7.10. The highest BCUT2D eigenvalue weighted by Gasteiger charge is 2.67. The molecule has 1 saturated heterocycles. The van der Waals surface area contributed by atoms with Crippen LogP contribution >= 0.6 is 15.9 Å². The lowest BCUT2D eigenvalue weighted by Gasteiger charge is -2.27. The number of fused-ring (bicyclic) bond motifs is 2. The third-order valence-electron chi connectivity index (χ3n) is 9.38. The number of hydrogen-bond acceptors (Lipinski definition) is 9. The molecule has 6 rings (SSSR count). The summed E-state index contributed by atoms with van der Waals surface area (Å²) in [5.74, 6) is 0.326. The summed E-state index contributed by atoms with van der Waals surface area (Å²) < 4.78 is 7.49. The zero-order valence-electron chi connectivity index (χ0n) is 28.4. The van der Waals surface area contributed by atoms with Gasteiger partial charge in [-0.3, -0.25) is 19.1 Å². The number of nitrogens with zero attached hydrogens (tertiary/aromatic N) is 7. The average Bonchev–Trinajstić information content (AvgIpc) is 3.47. The SMILES string of the molecule is CC/C=C/CN(C)C[C@@]12C[C@@H](C(=O)Nc3nc(Br)ccc3COC)N(C(=O)Cn3nc(C(C)=O)c4cc(-c5cnc(C)nc5)ccc43)[C@@H]1C2. The van der Waals surface area contributed by atoms with E-state index in [2.05, 4.69) is 72.3 Å². The fourth-order valence-electron chi connectivity index (χ4n) is 7.00. The molecule has 0 spiro atoms. The molecule has 2 fully saturated rings. The molecule has 12 nitrogen and oxygen atoms in total. The zero-order valence-corrected chi connectivity index (χ0v) is 30.0. The standard InChI is InChI=1S/C36H41BrN8O4/c1-6-7-8-13-43(4)21-36-15-29(35(48)41-34-25(20-49-5)10-12-31(37)40-34)45(30(36)16-36)32(47)19-44-28-11-9-24(26-17-38-23(3)39-18-26)14-27(28)33(42-44)22(2)46/h7-12,14,17-18,29-30H,6,13,15-16,19-21H2,1-5H3,(H,40,41,48)/b8-7+/t29-,30+,36-/m0/s1. The average molecular weight is 730 g/mol. The summed E-state index contributed by atoms with van der Waals surface area (Å²) in [5, 5.41) is 8.26. The number of hydrogen-bond donors (Lipinski definition) is 1. The van der Waals surface area contributed by atoms with Crippen molar-refractivity contribution in [3.8, 4) is 11.1 Å². The number of aromatic nitrogens is 5. The molecule has 1 aliphatic carbocycles. The molecule has 49 heavy (non-hydrogen) atoms. The number of aryl methyl sites for hydroxylation is 1. The first-order valence-corrected chi connectivity index (χ1v) is 17.2. The number of amides is 2. The van der Waals surface area contributed by atoms with Crippen LogP contribution in [0.4, 0.5) is 5.82 Å². The molecule has 4 heterocycles. The fraction of sp³-hybridized carbons (Fsp3) is 0.417. The van der Waals surface area contributed by atoms with E-state index in [-0.39, 0.29) is 47.9 Å². The van der Waals surface area contributed by atoms with E-state index in [1.807, 2.05) is 31.2 Å². The molecule has 1 N–H and O–H groups in total. The second-order valence-electron chi connectivity index (χ2n) is 13.1. The van der Waals surface area contributed by atoms with E-state index in [1.165, 1.54) is 6.92 Å². The second-order valence-corrected chi connectivity index (χ2v) is 13.9. The van der Waals surface area contributed by atoms with Gasteiger partial charge < -0.3 is 19.9 Å². The van der Waals surface area contributed by atoms with Crippen molar-refractivity contribution in [2.24, 2.45) is 5.41 Å². The van der Waals surface area contributed by atoms with Crippen molar-refractivity contribution in [2.45, 2.75) is 65.3 Å². The van der Waals surface area contributed by atoms with E-state index < -0.39 is 6.04 Å². The number of benzene rings is 1. The third kappa shape index (κ3) is 7.19. The predicted octanol–water partition coefficient (Wildman–Crippen LogP) is 5.20. The van der Waals surface area contributed by atoms with Crippen molar-refractivity contribution in [3.63, 3.8) is 0 Å². The van der Waals surface area contributed by atoms with Crippen LogP contribution in [0.3, 0.4) is 0 Å². The number of carbonyl (C=O) groups is 3. The maximum atomic E-state index is 14.3. The molecular weight excluding hydrogens is 688 g/mol. The van der Waals surface area contributed by atoms with E-state index in [0.717, 1.165) is 42.6 Å². The van der Waals surface area contributed by atoms with E-state index in [1.54, 1.807) is 35.2 Å². The zero-order chi connectivity index (χ0) is 34.9. The van der Waals surface area contributed by atoms with Crippen LogP contribution in [0.5, 0.6) is 0 Å². The molecule has 0 radical (unpaired) electrons. The summed E-state index contributed by atoms with van der Waals surface area (Å²) in [6, 6.07) is 8.50. The first-order chi connectivity index (χ1) is 23.5. The van der Waals surface area contributed by atoms with Crippen molar-refractivity contribution in [1.82, 2.24) is 34.5 Å². The number of methoxy groups -OCH3 is 1. The first-order valence-electron chi connectivity index (χ1n) is 16.4. The van der Waals surface area contributed by atoms with E-state index >= 15 is 0 Å². The minimum atomic E-state index is -0.704. The van der Waals surface area contributed by atoms with Crippen molar-refractivity contribution < 1.29 is 19.1 Å². The number of Topliss-reactive ketones (excluding diaryl/α,β-unsaturated/α-hetero) is 1. The molecule has 1 saturated carbocycles. The van der Waals surface area contributed by atoms with Gasteiger partial charge in [-0.1, -0.05) is 31.2 Å². The van der Waals surface area contributed by atoms with E-state index in [0.29, 0.717) is 33.6 Å². The van der Waals surface area contributed by atoms with Crippen LogP contribution in [0.15, 0.2) is 59.5 Å². The smallest absolute Gasteiger partial charge is 0.248 e. The van der Waals surface area contributed by atoms with Crippen LogP contribution in [-0.4, -0.2) is 91.5 Å². The van der Waals surface area contributed by atoms with Crippen LogP contribution in [-0.2, 0) is 27.5 Å². The molecule has 1 aromatic carbocycles. The second kappa shape index (κ2) is 14.3. The minimum Gasteiger partial charge on any atom is -0.380 e. The first kappa shape index (κ1) is 34.5. The van der Waals surface area contributed by atoms with Crippen molar-refractivity contribution in [2.75, 3.05) is 32.6 Å². The Labute approximate surface area is 294 Å². The maximum absolute atomic E-state index is 14.3. The number of carbonyl (C=O) groups excluding carboxylic acids is 3. The van der Waals surface area contributed by atoms with Gasteiger partial charge in [0.15, 0.2) is 5.78 Å². The molecule has 1 aliphatic heterocycles. The number of halogens is 1. The number of ketones is 1. The molecular formula is C36H41BrN8O4. The van der Waals surface area contributed by atoms with Gasteiger partial charge in [-0.2, -0.15) is 5.10 Å². The number of piperidine rings is 1. The topological polar surface area (TPSA) is 135 Å². The third-order valence-corrected chi connectivity index (χ3v) is 9.82. The molecule has 0 bridgehead atoms. The van der Waals surface area contributed by atoms with Gasteiger partial charge in [-0.25, -0.2) is 15.0 Å². The van der Waals surface area contributed by atoms with Gasteiger partial charge in [0.1, 0.15) is 34.5 Å². The van der Waals surface area contributed by atoms with Crippen LogP contribution in [0.1, 0.15) is 55.0 Å². The van der Waals surface area contributed by atoms with Crippen LogP contribution < -0.4 is 5.32 Å². The number of likely N-dealkylation sites (N-methyl/N-ethyl adjacent to an activating group) is 1. The van der Waals surface area contributed by atoms with Crippen LogP contribution in [0, 0.1) is 12.3 Å². The van der Waals surface area contributed by atoms with Gasteiger partial charge in [0, 0.05) is 67.5 Å². The number of rotatable bonds is 13. The number of likely N-dealkylation sites (tertiary alicyclic amines) is 1. The lowest BCUT2D eigenvalue weighted by atomic mass is 9.98. The molecule has 13 heteroatoms. The van der Waals surface area contributed by atoms with Gasteiger partial charge >= 0.3 is 0 Å². The number of ether oxygens (including phenoxy) is 1. The maximum Gasteiger partial charge on any atom is 0.248 e. The molecule has 256 valence electrons. The molecule has 4 aromatic rings. The molecule has 3 atom stereocenters. The van der Waals surface area contributed by atoms with Crippen molar-refractivity contribution >= 4 is 50.2 Å². The Bertz CT molecular complexity index is 1930. The van der Waals surface area contributed by atoms with Gasteiger partial charge in [0.25, 0.3) is 0 Å². The normalized spacial score (nSPS) is 19.9. The Morgan fingerprint density at radius 3 is 2.61 bits per heavy atom. The fourth-order valence-corrected chi connectivity index (χ4v) is 7.31. The van der Waals surface area contributed by atoms with Crippen molar-refractivity contribution in [3.05, 3.63) is 76.6 Å². The minimum absolute atomic E-state index is 0.0930. The quantitative estimate of drug-likeness (QED) is 0.112. The molecule has 2 aliphatic rings. The summed E-state index contributed by atoms with van der Waals surface area (Å²) in [4.78, 5) is 58.2. The van der Waals surface area contributed by atoms with Crippen LogP contribution in [0.2, 0.25) is 0 Å². The van der Waals surface area contributed by atoms with Gasteiger partial charge in [-0.05, 0) is 72.9 Å². The number of nitrogens with one attached hydrogen (secondary N) is 1. The highest BCUT2D eigenvalue weighted by molar-refractivity contribution is 9.10. The highest BCUT2D eigenvalue weighted by atomic mass is 79.9. The summed E-state index contributed by atoms with van der Waals surface area (Å²) in [5.41, 5.74) is 3.12. The Morgan fingerprint density at radius 1 is 1.12 bits per heavy atom. The Kier molecular flexibility index (Phi) is 10.0. The number of allylic oxidation sites excluding steroid dienone is 1. The Balaban J connectivity index is 1.30. The lowest BCUT2D eigenvalue weighted by molar-refractivity contribution is -0.138. The van der Waals surface area contributed by atoms with E-state index in [9.17, 15) is 14.4 Å².